The summed E-state index contributed by atoms with van der Waals surface area (Å²) in [7, 11) is 0. The number of nitrogens with one attached hydrogen (secondary N) is 1. The molecule has 1 aliphatic heterocycles. The first kappa shape index (κ1) is 22.6. The van der Waals surface area contributed by atoms with E-state index in [1.54, 1.807) is 11.8 Å². The SMILES string of the molecule is CC(=O)N1CCc2cc(CC(C)NCCOc3ccccc3OC(C)C)cc(C#N)c21. The molecule has 0 spiro atoms. The average molecular weight is 422 g/mol. The highest BCUT2D eigenvalue weighted by Gasteiger charge is 2.26. The normalized spacial score (nSPS) is 13.6. The van der Waals surface area contributed by atoms with Gasteiger partial charge in [-0.1, -0.05) is 18.2 Å². The fraction of sp³-hybridized carbons (Fsp3) is 0.440. The van der Waals surface area contributed by atoms with Crippen LogP contribution in [0.3, 0.4) is 0 Å². The van der Waals surface area contributed by atoms with Crippen molar-refractivity contribution in [2.45, 2.75) is 52.7 Å². The Morgan fingerprint density at radius 3 is 2.65 bits per heavy atom. The molecule has 0 saturated heterocycles. The Morgan fingerprint density at radius 1 is 1.23 bits per heavy atom. The molecule has 1 heterocycles. The average Bonchev–Trinajstić information content (AvgIpc) is 3.15. The van der Waals surface area contributed by atoms with Gasteiger partial charge in [0.05, 0.1) is 17.4 Å². The van der Waals surface area contributed by atoms with Crippen molar-refractivity contribution in [2.75, 3.05) is 24.6 Å². The van der Waals surface area contributed by atoms with Gasteiger partial charge in [-0.15, -0.1) is 0 Å². The van der Waals surface area contributed by atoms with Crippen molar-refractivity contribution in [1.29, 1.82) is 5.26 Å². The van der Waals surface area contributed by atoms with Crippen LogP contribution in [0, 0.1) is 11.3 Å². The number of ether oxygens (including phenoxy) is 2. The molecule has 1 atom stereocenters. The molecule has 6 nitrogen and oxygen atoms in total. The number of hydrogen-bond acceptors (Lipinski definition) is 5. The molecule has 1 amide bonds. The summed E-state index contributed by atoms with van der Waals surface area (Å²) in [6.45, 7) is 9.54. The number of hydrogen-bond donors (Lipinski definition) is 1. The van der Waals surface area contributed by atoms with E-state index in [0.29, 0.717) is 25.3 Å². The molecule has 1 aliphatic rings. The molecule has 164 valence electrons. The molecule has 0 aromatic heterocycles. The van der Waals surface area contributed by atoms with Crippen LogP contribution in [0.15, 0.2) is 36.4 Å². The lowest BCUT2D eigenvalue weighted by Crippen LogP contribution is -2.32. The maximum absolute atomic E-state index is 11.8. The highest BCUT2D eigenvalue weighted by atomic mass is 16.5. The second-order valence-electron chi connectivity index (χ2n) is 8.20. The van der Waals surface area contributed by atoms with Crippen molar-refractivity contribution in [3.8, 4) is 17.6 Å². The van der Waals surface area contributed by atoms with Gasteiger partial charge in [0.2, 0.25) is 5.91 Å². The van der Waals surface area contributed by atoms with Gasteiger partial charge in [0.15, 0.2) is 11.5 Å². The topological polar surface area (TPSA) is 74.6 Å². The second kappa shape index (κ2) is 10.3. The van der Waals surface area contributed by atoms with Crippen LogP contribution in [0.2, 0.25) is 0 Å². The van der Waals surface area contributed by atoms with Gasteiger partial charge in [-0.05, 0) is 62.9 Å². The zero-order valence-corrected chi connectivity index (χ0v) is 18.8. The number of carbonyl (C=O) groups is 1. The number of nitrogens with zero attached hydrogens (tertiary/aromatic N) is 2. The summed E-state index contributed by atoms with van der Waals surface area (Å²) in [5.41, 5.74) is 3.56. The largest absolute Gasteiger partial charge is 0.488 e. The number of anilines is 1. The van der Waals surface area contributed by atoms with Gasteiger partial charge in [0.25, 0.3) is 0 Å². The van der Waals surface area contributed by atoms with Crippen molar-refractivity contribution in [1.82, 2.24) is 5.32 Å². The molecule has 0 fully saturated rings. The van der Waals surface area contributed by atoms with Crippen LogP contribution in [0.1, 0.15) is 44.4 Å². The van der Waals surface area contributed by atoms with Crippen molar-refractivity contribution >= 4 is 11.6 Å². The zero-order chi connectivity index (χ0) is 22.4. The third-order valence-corrected chi connectivity index (χ3v) is 5.23. The number of carbonyl (C=O) groups excluding carboxylic acids is 1. The number of rotatable bonds is 9. The lowest BCUT2D eigenvalue weighted by atomic mass is 9.99. The molecule has 31 heavy (non-hydrogen) atoms. The number of amides is 1. The summed E-state index contributed by atoms with van der Waals surface area (Å²) in [5, 5.41) is 13.1. The van der Waals surface area contributed by atoms with Crippen LogP contribution in [-0.2, 0) is 17.6 Å². The molecular formula is C25H31N3O3. The number of para-hydroxylation sites is 2. The van der Waals surface area contributed by atoms with E-state index in [0.717, 1.165) is 41.2 Å². The number of nitriles is 1. The van der Waals surface area contributed by atoms with E-state index < -0.39 is 0 Å². The van der Waals surface area contributed by atoms with E-state index in [1.807, 2.05) is 44.2 Å². The van der Waals surface area contributed by atoms with Crippen molar-refractivity contribution in [2.24, 2.45) is 0 Å². The quantitative estimate of drug-likeness (QED) is 0.623. The summed E-state index contributed by atoms with van der Waals surface area (Å²) < 4.78 is 11.7. The first-order valence-corrected chi connectivity index (χ1v) is 10.8. The predicted octanol–water partition coefficient (Wildman–Crippen LogP) is 3.85. The molecule has 6 heteroatoms. The molecule has 0 aliphatic carbocycles. The minimum Gasteiger partial charge on any atom is -0.488 e. The molecule has 0 bridgehead atoms. The maximum atomic E-state index is 11.8. The first-order valence-electron chi connectivity index (χ1n) is 10.8. The minimum absolute atomic E-state index is 0.0154. The third kappa shape index (κ3) is 5.77. The van der Waals surface area contributed by atoms with E-state index in [-0.39, 0.29) is 18.1 Å². The van der Waals surface area contributed by atoms with Crippen LogP contribution in [-0.4, -0.2) is 37.7 Å². The van der Waals surface area contributed by atoms with Crippen LogP contribution < -0.4 is 19.7 Å². The third-order valence-electron chi connectivity index (χ3n) is 5.23. The second-order valence-corrected chi connectivity index (χ2v) is 8.20. The van der Waals surface area contributed by atoms with Gasteiger partial charge in [-0.25, -0.2) is 0 Å². The van der Waals surface area contributed by atoms with Gasteiger partial charge in [-0.3, -0.25) is 4.79 Å². The van der Waals surface area contributed by atoms with E-state index in [4.69, 9.17) is 9.47 Å². The van der Waals surface area contributed by atoms with Gasteiger partial charge >= 0.3 is 0 Å². The van der Waals surface area contributed by atoms with Crippen LogP contribution >= 0.6 is 0 Å². The van der Waals surface area contributed by atoms with Crippen LogP contribution in [0.4, 0.5) is 5.69 Å². The smallest absolute Gasteiger partial charge is 0.223 e. The lowest BCUT2D eigenvalue weighted by molar-refractivity contribution is -0.116. The minimum atomic E-state index is -0.0154. The summed E-state index contributed by atoms with van der Waals surface area (Å²) in [4.78, 5) is 13.6. The Hall–Kier alpha value is -3.04. The van der Waals surface area contributed by atoms with E-state index in [1.165, 1.54) is 0 Å². The lowest BCUT2D eigenvalue weighted by Gasteiger charge is -2.19. The predicted molar refractivity (Wildman–Crippen MR) is 122 cm³/mol. The first-order chi connectivity index (χ1) is 14.9. The van der Waals surface area contributed by atoms with Crippen molar-refractivity contribution in [3.63, 3.8) is 0 Å². The summed E-state index contributed by atoms with van der Waals surface area (Å²) in [6, 6.07) is 14.2. The molecular weight excluding hydrogens is 390 g/mol. The number of benzene rings is 2. The Morgan fingerprint density at radius 2 is 1.97 bits per heavy atom. The molecule has 1 unspecified atom stereocenters. The van der Waals surface area contributed by atoms with Crippen molar-refractivity contribution in [3.05, 3.63) is 53.1 Å². The van der Waals surface area contributed by atoms with Crippen molar-refractivity contribution < 1.29 is 14.3 Å². The molecule has 0 saturated carbocycles. The summed E-state index contributed by atoms with van der Waals surface area (Å²) >= 11 is 0. The summed E-state index contributed by atoms with van der Waals surface area (Å²) in [5.74, 6) is 1.49. The fourth-order valence-corrected chi connectivity index (χ4v) is 3.94. The van der Waals surface area contributed by atoms with E-state index >= 15 is 0 Å². The van der Waals surface area contributed by atoms with Gasteiger partial charge in [-0.2, -0.15) is 5.26 Å². The van der Waals surface area contributed by atoms with Crippen LogP contribution in [0.25, 0.3) is 0 Å². The Kier molecular flexibility index (Phi) is 7.54. The maximum Gasteiger partial charge on any atom is 0.223 e. The molecule has 1 N–H and O–H groups in total. The monoisotopic (exact) mass is 421 g/mol. The Bertz CT molecular complexity index is 965. The fourth-order valence-electron chi connectivity index (χ4n) is 3.94. The Labute approximate surface area is 184 Å². The molecule has 2 aromatic carbocycles. The Balaban J connectivity index is 1.54. The highest BCUT2D eigenvalue weighted by Crippen LogP contribution is 2.33. The van der Waals surface area contributed by atoms with E-state index in [9.17, 15) is 10.1 Å². The van der Waals surface area contributed by atoms with Gasteiger partial charge in [0.1, 0.15) is 12.7 Å². The zero-order valence-electron chi connectivity index (χ0n) is 18.8. The van der Waals surface area contributed by atoms with Gasteiger partial charge < -0.3 is 19.7 Å². The highest BCUT2D eigenvalue weighted by molar-refractivity contribution is 5.95. The number of fused-ring (bicyclic) bond motifs is 1. The molecule has 0 radical (unpaired) electrons. The standard InChI is InChI=1S/C25H31N3O3/c1-17(2)31-24-8-6-5-7-23(24)30-12-10-27-18(3)13-20-14-21-9-11-28(19(4)29)25(21)22(15-20)16-26/h5-8,14-15,17-18,27H,9-13H2,1-4H3. The van der Waals surface area contributed by atoms with Crippen LogP contribution in [0.5, 0.6) is 11.5 Å². The molecule has 2 aromatic rings. The summed E-state index contributed by atoms with van der Waals surface area (Å²) in [6.07, 6.45) is 1.69. The molecule has 3 rings (SSSR count). The van der Waals surface area contributed by atoms with Gasteiger partial charge in [0, 0.05) is 26.1 Å². The van der Waals surface area contributed by atoms with E-state index in [2.05, 4.69) is 24.4 Å².